The molecular weight excluding hydrogens is 346 g/mol. The maximum atomic E-state index is 11.7. The van der Waals surface area contributed by atoms with E-state index >= 15 is 0 Å². The molecule has 0 aliphatic heterocycles. The van der Waals surface area contributed by atoms with E-state index in [2.05, 4.69) is 10.3 Å². The van der Waals surface area contributed by atoms with Crippen molar-refractivity contribution in [2.75, 3.05) is 11.1 Å². The Morgan fingerprint density at radius 3 is 3.00 bits per heavy atom. The van der Waals surface area contributed by atoms with Crippen LogP contribution in [0.15, 0.2) is 40.8 Å². The summed E-state index contributed by atoms with van der Waals surface area (Å²) in [4.78, 5) is 16.2. The molecule has 3 rings (SSSR count). The molecule has 120 valence electrons. The third-order valence-electron chi connectivity index (χ3n) is 3.30. The first-order valence-corrected chi connectivity index (χ1v) is 8.41. The number of carbonyl (C=O) groups excluding carboxylic acids is 1. The fraction of sp³-hybridized carbons (Fsp3) is 0.118. The number of halogens is 1. The second kappa shape index (κ2) is 6.95. The van der Waals surface area contributed by atoms with Gasteiger partial charge in [0.05, 0.1) is 5.75 Å². The van der Waals surface area contributed by atoms with Crippen LogP contribution in [-0.4, -0.2) is 16.6 Å². The van der Waals surface area contributed by atoms with E-state index in [1.165, 1.54) is 0 Å². The number of aryl methyl sites for hydroxylation is 1. The number of benzene rings is 2. The van der Waals surface area contributed by atoms with Crippen LogP contribution in [-0.2, 0) is 4.79 Å². The zero-order chi connectivity index (χ0) is 17.1. The summed E-state index contributed by atoms with van der Waals surface area (Å²) in [5.74, 6) is 0.318. The molecule has 0 atom stereocenters. The molecular formula is C17H12ClN3O2S. The largest absolute Gasteiger partial charge is 0.436 e. The van der Waals surface area contributed by atoms with Crippen molar-refractivity contribution in [2.45, 2.75) is 6.92 Å². The first-order chi connectivity index (χ1) is 11.6. The Hall–Kier alpha value is -2.49. The van der Waals surface area contributed by atoms with Gasteiger partial charge in [-0.15, -0.1) is 0 Å². The van der Waals surface area contributed by atoms with Gasteiger partial charge in [-0.05, 0) is 54.6 Å². The third-order valence-corrected chi connectivity index (χ3v) is 4.07. The van der Waals surface area contributed by atoms with Crippen LogP contribution in [0.5, 0.6) is 0 Å². The summed E-state index contributed by atoms with van der Waals surface area (Å²) in [6, 6.07) is 10.8. The lowest BCUT2D eigenvalue weighted by atomic mass is 10.2. The number of nitrogens with one attached hydrogen (secondary N) is 1. The van der Waals surface area contributed by atoms with E-state index in [-0.39, 0.29) is 11.7 Å². The summed E-state index contributed by atoms with van der Waals surface area (Å²) >= 11 is 6.90. The topological polar surface area (TPSA) is 78.9 Å². The summed E-state index contributed by atoms with van der Waals surface area (Å²) in [5.41, 5.74) is 3.57. The van der Waals surface area contributed by atoms with Crippen molar-refractivity contribution in [3.05, 3.63) is 47.0 Å². The molecule has 24 heavy (non-hydrogen) atoms. The summed E-state index contributed by atoms with van der Waals surface area (Å²) < 4.78 is 5.84. The SMILES string of the molecule is Cc1cc(NC(=O)CSC#N)cc2nc(-c3cccc(Cl)c3)oc12. The van der Waals surface area contributed by atoms with E-state index < -0.39 is 0 Å². The first kappa shape index (κ1) is 16.4. The van der Waals surface area contributed by atoms with Crippen LogP contribution in [0.25, 0.3) is 22.6 Å². The Labute approximate surface area is 147 Å². The molecule has 2 aromatic carbocycles. The van der Waals surface area contributed by atoms with Gasteiger partial charge in [0, 0.05) is 16.3 Å². The number of fused-ring (bicyclic) bond motifs is 1. The van der Waals surface area contributed by atoms with E-state index in [4.69, 9.17) is 21.3 Å². The number of aromatic nitrogens is 1. The highest BCUT2D eigenvalue weighted by Crippen LogP contribution is 2.30. The van der Waals surface area contributed by atoms with Gasteiger partial charge >= 0.3 is 0 Å². The van der Waals surface area contributed by atoms with Gasteiger partial charge in [-0.2, -0.15) is 5.26 Å². The van der Waals surface area contributed by atoms with Crippen molar-refractivity contribution < 1.29 is 9.21 Å². The summed E-state index contributed by atoms with van der Waals surface area (Å²) in [5, 5.41) is 13.7. The summed E-state index contributed by atoms with van der Waals surface area (Å²) in [6.07, 6.45) is 0. The Balaban J connectivity index is 1.94. The number of hydrogen-bond donors (Lipinski definition) is 1. The lowest BCUT2D eigenvalue weighted by Crippen LogP contribution is -2.13. The van der Waals surface area contributed by atoms with Gasteiger partial charge in [0.1, 0.15) is 10.9 Å². The molecule has 1 amide bonds. The van der Waals surface area contributed by atoms with Gasteiger partial charge in [0.15, 0.2) is 5.58 Å². The monoisotopic (exact) mass is 357 g/mol. The highest BCUT2D eigenvalue weighted by atomic mass is 35.5. The summed E-state index contributed by atoms with van der Waals surface area (Å²) in [6.45, 7) is 1.88. The average Bonchev–Trinajstić information content (AvgIpc) is 2.97. The maximum absolute atomic E-state index is 11.7. The zero-order valence-corrected chi connectivity index (χ0v) is 14.2. The van der Waals surface area contributed by atoms with Crippen LogP contribution in [0.3, 0.4) is 0 Å². The molecule has 0 bridgehead atoms. The lowest BCUT2D eigenvalue weighted by Gasteiger charge is -2.04. The molecule has 0 radical (unpaired) electrons. The Morgan fingerprint density at radius 2 is 2.25 bits per heavy atom. The average molecular weight is 358 g/mol. The molecule has 1 heterocycles. The highest BCUT2D eigenvalue weighted by molar-refractivity contribution is 8.04. The van der Waals surface area contributed by atoms with E-state index in [9.17, 15) is 4.79 Å². The maximum Gasteiger partial charge on any atom is 0.235 e. The molecule has 3 aromatic rings. The molecule has 5 nitrogen and oxygen atoms in total. The minimum absolute atomic E-state index is 0.0835. The van der Waals surface area contributed by atoms with Crippen LogP contribution in [0, 0.1) is 17.6 Å². The number of thiocyanates is 1. The second-order valence-electron chi connectivity index (χ2n) is 5.10. The second-order valence-corrected chi connectivity index (χ2v) is 6.30. The van der Waals surface area contributed by atoms with Crippen molar-refractivity contribution >= 4 is 46.1 Å². The molecule has 0 spiro atoms. The van der Waals surface area contributed by atoms with E-state index in [0.29, 0.717) is 27.7 Å². The smallest absolute Gasteiger partial charge is 0.235 e. The number of oxazole rings is 1. The molecule has 1 N–H and O–H groups in total. The van der Waals surface area contributed by atoms with Crippen molar-refractivity contribution in [2.24, 2.45) is 0 Å². The zero-order valence-electron chi connectivity index (χ0n) is 12.7. The Morgan fingerprint density at radius 1 is 1.42 bits per heavy atom. The van der Waals surface area contributed by atoms with Gasteiger partial charge < -0.3 is 9.73 Å². The number of anilines is 1. The molecule has 0 saturated carbocycles. The predicted molar refractivity (Wildman–Crippen MR) is 95.9 cm³/mol. The Bertz CT molecular complexity index is 962. The number of hydrogen-bond acceptors (Lipinski definition) is 5. The predicted octanol–water partition coefficient (Wildman–Crippen LogP) is 4.61. The minimum Gasteiger partial charge on any atom is -0.436 e. The molecule has 0 aliphatic carbocycles. The van der Waals surface area contributed by atoms with Crippen LogP contribution in [0.2, 0.25) is 5.02 Å². The highest BCUT2D eigenvalue weighted by Gasteiger charge is 2.13. The number of carbonyl (C=O) groups is 1. The Kier molecular flexibility index (Phi) is 4.74. The number of amides is 1. The molecule has 0 unspecified atom stereocenters. The van der Waals surface area contributed by atoms with E-state index in [0.717, 1.165) is 22.9 Å². The van der Waals surface area contributed by atoms with Crippen molar-refractivity contribution in [1.82, 2.24) is 4.98 Å². The molecule has 7 heteroatoms. The van der Waals surface area contributed by atoms with Crippen LogP contribution < -0.4 is 5.32 Å². The molecule has 0 saturated heterocycles. The normalized spacial score (nSPS) is 10.5. The third kappa shape index (κ3) is 3.53. The van der Waals surface area contributed by atoms with Gasteiger partial charge in [-0.3, -0.25) is 4.79 Å². The fourth-order valence-corrected chi connectivity index (χ4v) is 2.77. The van der Waals surface area contributed by atoms with Crippen LogP contribution >= 0.6 is 23.4 Å². The number of nitrogens with zero attached hydrogens (tertiary/aromatic N) is 2. The number of rotatable bonds is 4. The van der Waals surface area contributed by atoms with E-state index in [1.54, 1.807) is 18.2 Å². The quantitative estimate of drug-likeness (QED) is 0.690. The van der Waals surface area contributed by atoms with Crippen molar-refractivity contribution in [3.63, 3.8) is 0 Å². The number of thioether (sulfide) groups is 1. The molecule has 0 fully saturated rings. The minimum atomic E-state index is -0.237. The lowest BCUT2D eigenvalue weighted by molar-refractivity contribution is -0.113. The van der Waals surface area contributed by atoms with Gasteiger partial charge in [-0.1, -0.05) is 17.7 Å². The van der Waals surface area contributed by atoms with Crippen molar-refractivity contribution in [1.29, 1.82) is 5.26 Å². The first-order valence-electron chi connectivity index (χ1n) is 7.04. The standard InChI is InChI=1S/C17H12ClN3O2S/c1-10-5-13(20-15(22)8-24-9-19)7-14-16(10)23-17(21-14)11-3-2-4-12(18)6-11/h2-7H,8H2,1H3,(H,20,22). The van der Waals surface area contributed by atoms with E-state index in [1.807, 2.05) is 30.5 Å². The number of nitriles is 1. The van der Waals surface area contributed by atoms with Crippen LogP contribution in [0.4, 0.5) is 5.69 Å². The van der Waals surface area contributed by atoms with Gasteiger partial charge in [0.25, 0.3) is 0 Å². The molecule has 1 aromatic heterocycles. The van der Waals surface area contributed by atoms with Gasteiger partial charge in [0.2, 0.25) is 11.8 Å². The summed E-state index contributed by atoms with van der Waals surface area (Å²) in [7, 11) is 0. The van der Waals surface area contributed by atoms with Gasteiger partial charge in [-0.25, -0.2) is 4.98 Å². The fourth-order valence-electron chi connectivity index (χ4n) is 2.31. The van der Waals surface area contributed by atoms with Crippen molar-refractivity contribution in [3.8, 4) is 16.9 Å². The van der Waals surface area contributed by atoms with Crippen LogP contribution in [0.1, 0.15) is 5.56 Å². The molecule has 0 aliphatic rings.